The number of carbonyl (C=O) groups is 1. The molecule has 2 aromatic heterocycles. The lowest BCUT2D eigenvalue weighted by atomic mass is 9.93. The zero-order chi connectivity index (χ0) is 31.5. The summed E-state index contributed by atoms with van der Waals surface area (Å²) in [7, 11) is 4.28. The number of fused-ring (bicyclic) bond motifs is 1. The van der Waals surface area contributed by atoms with Gasteiger partial charge in [-0.25, -0.2) is 13.8 Å². The topological polar surface area (TPSA) is 94.9 Å². The molecule has 6 rings (SSSR count). The van der Waals surface area contributed by atoms with Gasteiger partial charge in [0.05, 0.1) is 24.2 Å². The molecule has 0 spiro atoms. The van der Waals surface area contributed by atoms with Gasteiger partial charge < -0.3 is 24.8 Å². The van der Waals surface area contributed by atoms with E-state index in [1.165, 1.54) is 17.4 Å². The van der Waals surface area contributed by atoms with Crippen molar-refractivity contribution in [2.75, 3.05) is 83.3 Å². The van der Waals surface area contributed by atoms with E-state index in [2.05, 4.69) is 39.2 Å². The van der Waals surface area contributed by atoms with Crippen LogP contribution >= 0.6 is 0 Å². The second kappa shape index (κ2) is 13.9. The number of nitrogens with zero attached hydrogens (tertiary/aromatic N) is 8. The molecule has 11 nitrogen and oxygen atoms in total. The SMILES string of the molecule is C[C@H](Nc1nc(N2CCOCC2)cc(-n2c(C(F)F)nc3ccccc32)n1)C(=O)N1CCC(N2CCCC(CN(C)C)C2)CC1. The number of hydrogen-bond donors (Lipinski definition) is 1. The van der Waals surface area contributed by atoms with Crippen LogP contribution in [0.5, 0.6) is 0 Å². The number of alkyl halides is 2. The van der Waals surface area contributed by atoms with Crippen molar-refractivity contribution in [3.63, 3.8) is 0 Å². The summed E-state index contributed by atoms with van der Waals surface area (Å²) in [6, 6.07) is 8.63. The van der Waals surface area contributed by atoms with Crippen LogP contribution in [-0.4, -0.2) is 125 Å². The van der Waals surface area contributed by atoms with Gasteiger partial charge in [-0.05, 0) is 71.3 Å². The van der Waals surface area contributed by atoms with Gasteiger partial charge in [0.1, 0.15) is 17.7 Å². The third-order valence-corrected chi connectivity index (χ3v) is 9.23. The maximum atomic E-state index is 14.2. The number of likely N-dealkylation sites (tertiary alicyclic amines) is 2. The normalized spacial score (nSPS) is 21.2. The summed E-state index contributed by atoms with van der Waals surface area (Å²) in [4.78, 5) is 36.1. The van der Waals surface area contributed by atoms with Crippen molar-refractivity contribution in [2.24, 2.45) is 5.92 Å². The van der Waals surface area contributed by atoms with Crippen LogP contribution in [0.25, 0.3) is 16.9 Å². The van der Waals surface area contributed by atoms with E-state index in [9.17, 15) is 13.6 Å². The first-order valence-electron chi connectivity index (χ1n) is 16.2. The number of para-hydroxylation sites is 2. The molecule has 244 valence electrons. The zero-order valence-electron chi connectivity index (χ0n) is 26.5. The molecular formula is C32H45F2N9O2. The lowest BCUT2D eigenvalue weighted by Crippen LogP contribution is -2.52. The third kappa shape index (κ3) is 7.20. The highest BCUT2D eigenvalue weighted by Crippen LogP contribution is 2.30. The first kappa shape index (κ1) is 31.6. The van der Waals surface area contributed by atoms with Crippen molar-refractivity contribution in [3.05, 3.63) is 36.2 Å². The van der Waals surface area contributed by atoms with Crippen LogP contribution in [-0.2, 0) is 9.53 Å². The molecule has 1 aromatic carbocycles. The van der Waals surface area contributed by atoms with E-state index in [1.807, 2.05) is 16.7 Å². The minimum absolute atomic E-state index is 0.0131. The van der Waals surface area contributed by atoms with Crippen molar-refractivity contribution < 1.29 is 18.3 Å². The predicted octanol–water partition coefficient (Wildman–Crippen LogP) is 3.65. The fraction of sp³-hybridized carbons (Fsp3) is 0.625. The van der Waals surface area contributed by atoms with Crippen LogP contribution in [0.3, 0.4) is 0 Å². The van der Waals surface area contributed by atoms with E-state index in [4.69, 9.17) is 9.72 Å². The zero-order valence-corrected chi connectivity index (χ0v) is 26.5. The maximum Gasteiger partial charge on any atom is 0.296 e. The Morgan fingerprint density at radius 3 is 2.49 bits per heavy atom. The van der Waals surface area contributed by atoms with E-state index < -0.39 is 12.5 Å². The van der Waals surface area contributed by atoms with E-state index in [0.29, 0.717) is 68.2 Å². The fourth-order valence-corrected chi connectivity index (χ4v) is 7.06. The van der Waals surface area contributed by atoms with Crippen molar-refractivity contribution in [2.45, 2.75) is 51.1 Å². The molecule has 0 aliphatic carbocycles. The van der Waals surface area contributed by atoms with E-state index in [-0.39, 0.29) is 23.5 Å². The number of piperidine rings is 2. The van der Waals surface area contributed by atoms with Crippen LogP contribution in [0.1, 0.15) is 44.9 Å². The van der Waals surface area contributed by atoms with Crippen molar-refractivity contribution >= 4 is 28.7 Å². The van der Waals surface area contributed by atoms with Crippen LogP contribution in [0.4, 0.5) is 20.5 Å². The van der Waals surface area contributed by atoms with Crippen molar-refractivity contribution in [3.8, 4) is 5.82 Å². The quantitative estimate of drug-likeness (QED) is 0.383. The average Bonchev–Trinajstić information content (AvgIpc) is 3.45. The molecule has 3 aromatic rings. The number of nitrogens with one attached hydrogen (secondary N) is 1. The second-order valence-electron chi connectivity index (χ2n) is 12.8. The van der Waals surface area contributed by atoms with Gasteiger partial charge in [0, 0.05) is 51.4 Å². The highest BCUT2D eigenvalue weighted by Gasteiger charge is 2.32. The van der Waals surface area contributed by atoms with Gasteiger partial charge in [-0.1, -0.05) is 12.1 Å². The molecule has 3 aliphatic heterocycles. The number of rotatable bonds is 9. The third-order valence-electron chi connectivity index (χ3n) is 9.23. The van der Waals surface area contributed by atoms with Gasteiger partial charge in [-0.3, -0.25) is 14.3 Å². The average molecular weight is 626 g/mol. The summed E-state index contributed by atoms with van der Waals surface area (Å²) in [5, 5.41) is 3.21. The maximum absolute atomic E-state index is 14.2. The molecule has 1 unspecified atom stereocenters. The summed E-state index contributed by atoms with van der Waals surface area (Å²) in [6.45, 7) is 8.92. The Bertz CT molecular complexity index is 1450. The van der Waals surface area contributed by atoms with Crippen LogP contribution in [0.2, 0.25) is 0 Å². The lowest BCUT2D eigenvalue weighted by Gasteiger charge is -2.43. The smallest absolute Gasteiger partial charge is 0.296 e. The summed E-state index contributed by atoms with van der Waals surface area (Å²) in [5.74, 6) is 1.37. The second-order valence-corrected chi connectivity index (χ2v) is 12.8. The van der Waals surface area contributed by atoms with Gasteiger partial charge in [0.25, 0.3) is 6.43 Å². The van der Waals surface area contributed by atoms with Crippen molar-refractivity contribution in [1.29, 1.82) is 0 Å². The number of ether oxygens (including phenoxy) is 1. The molecule has 3 saturated heterocycles. The molecule has 3 fully saturated rings. The Morgan fingerprint density at radius 1 is 1.02 bits per heavy atom. The van der Waals surface area contributed by atoms with Gasteiger partial charge >= 0.3 is 0 Å². The van der Waals surface area contributed by atoms with Gasteiger partial charge in [-0.15, -0.1) is 0 Å². The molecule has 45 heavy (non-hydrogen) atoms. The number of amides is 1. The van der Waals surface area contributed by atoms with Gasteiger partial charge in [-0.2, -0.15) is 9.97 Å². The predicted molar refractivity (Wildman–Crippen MR) is 170 cm³/mol. The molecule has 0 radical (unpaired) electrons. The van der Waals surface area contributed by atoms with Crippen LogP contribution in [0.15, 0.2) is 30.3 Å². The Morgan fingerprint density at radius 2 is 1.76 bits per heavy atom. The number of imidazole rings is 1. The highest BCUT2D eigenvalue weighted by atomic mass is 19.3. The Balaban J connectivity index is 1.18. The number of hydrogen-bond acceptors (Lipinski definition) is 9. The Kier molecular flexibility index (Phi) is 9.76. The standard InChI is InChI=1S/C32H45F2N9O2/c1-22(31(44)41-13-10-24(11-14-41)42-12-6-7-23(21-42)20-39(2)3)35-32-37-27(40-15-17-45-18-16-40)19-28(38-32)43-26-9-5-4-8-25(26)36-30(43)29(33)34/h4-5,8-9,19,22-24,29H,6-7,10-18,20-21H2,1-3H3,(H,35,37,38)/t22-,23?/m0/s1. The highest BCUT2D eigenvalue weighted by molar-refractivity contribution is 5.84. The molecule has 0 saturated carbocycles. The molecule has 1 N–H and O–H groups in total. The van der Waals surface area contributed by atoms with E-state index in [0.717, 1.165) is 32.5 Å². The Hall–Kier alpha value is -3.42. The minimum atomic E-state index is -2.80. The number of carbonyl (C=O) groups excluding carboxylic acids is 1. The molecule has 5 heterocycles. The molecule has 13 heteroatoms. The fourth-order valence-electron chi connectivity index (χ4n) is 7.06. The van der Waals surface area contributed by atoms with E-state index in [1.54, 1.807) is 30.3 Å². The number of benzene rings is 1. The number of aromatic nitrogens is 4. The van der Waals surface area contributed by atoms with Crippen LogP contribution in [0, 0.1) is 5.92 Å². The molecule has 0 bridgehead atoms. The van der Waals surface area contributed by atoms with Crippen LogP contribution < -0.4 is 10.2 Å². The molecule has 2 atom stereocenters. The number of anilines is 2. The number of halogens is 2. The number of morpholine rings is 1. The summed E-state index contributed by atoms with van der Waals surface area (Å²) < 4.78 is 35.3. The van der Waals surface area contributed by atoms with E-state index >= 15 is 0 Å². The van der Waals surface area contributed by atoms with Gasteiger partial charge in [0.2, 0.25) is 11.9 Å². The first-order valence-corrected chi connectivity index (χ1v) is 16.2. The molecular weight excluding hydrogens is 580 g/mol. The van der Waals surface area contributed by atoms with Crippen molar-refractivity contribution in [1.82, 2.24) is 34.2 Å². The molecule has 3 aliphatic rings. The lowest BCUT2D eigenvalue weighted by molar-refractivity contribution is -0.133. The monoisotopic (exact) mass is 625 g/mol. The summed E-state index contributed by atoms with van der Waals surface area (Å²) in [6.07, 6.45) is 1.64. The minimum Gasteiger partial charge on any atom is -0.378 e. The molecule has 1 amide bonds. The first-order chi connectivity index (χ1) is 21.8. The Labute approximate surface area is 263 Å². The summed E-state index contributed by atoms with van der Waals surface area (Å²) >= 11 is 0. The summed E-state index contributed by atoms with van der Waals surface area (Å²) in [5.41, 5.74) is 0.984. The largest absolute Gasteiger partial charge is 0.378 e. The van der Waals surface area contributed by atoms with Gasteiger partial charge in [0.15, 0.2) is 5.82 Å².